The molecule has 1 N–H and O–H groups in total. The van der Waals surface area contributed by atoms with Crippen molar-refractivity contribution in [2.75, 3.05) is 42.9 Å². The van der Waals surface area contributed by atoms with E-state index >= 15 is 0 Å². The third kappa shape index (κ3) is 5.81. The van der Waals surface area contributed by atoms with Crippen LogP contribution in [0.5, 0.6) is 0 Å². The molecule has 0 aliphatic carbocycles. The Bertz CT molecular complexity index is 1670. The number of rotatable bonds is 8. The second kappa shape index (κ2) is 11.5. The van der Waals surface area contributed by atoms with Crippen molar-refractivity contribution in [3.63, 3.8) is 0 Å². The molecule has 1 saturated heterocycles. The smallest absolute Gasteiger partial charge is 0.225 e. The van der Waals surface area contributed by atoms with Gasteiger partial charge < -0.3 is 19.4 Å². The van der Waals surface area contributed by atoms with Crippen LogP contribution in [0.15, 0.2) is 71.6 Å². The molecule has 9 heteroatoms. The van der Waals surface area contributed by atoms with E-state index in [1.54, 1.807) is 6.26 Å². The zero-order valence-corrected chi connectivity index (χ0v) is 23.5. The highest BCUT2D eigenvalue weighted by Gasteiger charge is 2.19. The van der Waals surface area contributed by atoms with Crippen molar-refractivity contribution < 1.29 is 9.21 Å². The van der Waals surface area contributed by atoms with Gasteiger partial charge in [0, 0.05) is 67.2 Å². The largest absolute Gasteiger partial charge is 0.464 e. The summed E-state index contributed by atoms with van der Waals surface area (Å²) < 4.78 is 5.61. The van der Waals surface area contributed by atoms with Gasteiger partial charge in [-0.05, 0) is 61.7 Å². The topological polar surface area (TPSA) is 100 Å². The van der Waals surface area contributed by atoms with Crippen molar-refractivity contribution in [2.24, 2.45) is 0 Å². The molecule has 3 aromatic heterocycles. The van der Waals surface area contributed by atoms with Crippen LogP contribution in [0.25, 0.3) is 33.4 Å². The molecule has 208 valence electrons. The number of anilines is 2. The maximum Gasteiger partial charge on any atom is 0.225 e. The van der Waals surface area contributed by atoms with Gasteiger partial charge in [0.1, 0.15) is 23.5 Å². The van der Waals surface area contributed by atoms with Crippen LogP contribution in [0.1, 0.15) is 29.9 Å². The van der Waals surface area contributed by atoms with Crippen LogP contribution < -0.4 is 10.2 Å². The summed E-state index contributed by atoms with van der Waals surface area (Å²) in [6.45, 7) is 9.87. The van der Waals surface area contributed by atoms with Gasteiger partial charge in [-0.1, -0.05) is 18.2 Å². The monoisotopic (exact) mass is 547 g/mol. The Morgan fingerprint density at radius 1 is 0.951 bits per heavy atom. The van der Waals surface area contributed by atoms with Crippen LogP contribution in [0.4, 0.5) is 11.8 Å². The predicted molar refractivity (Wildman–Crippen MR) is 161 cm³/mol. The zero-order chi connectivity index (χ0) is 28.3. The number of aldehydes is 1. The molecule has 1 fully saturated rings. The van der Waals surface area contributed by atoms with E-state index in [1.807, 2.05) is 44.4 Å². The molecule has 4 heterocycles. The fourth-order valence-corrected chi connectivity index (χ4v) is 5.27. The number of piperazine rings is 1. The van der Waals surface area contributed by atoms with Gasteiger partial charge in [-0.15, -0.1) is 0 Å². The van der Waals surface area contributed by atoms with Gasteiger partial charge in [-0.2, -0.15) is 0 Å². The summed E-state index contributed by atoms with van der Waals surface area (Å²) in [5, 5.41) is 4.65. The first kappa shape index (κ1) is 26.6. The Morgan fingerprint density at radius 3 is 2.54 bits per heavy atom. The van der Waals surface area contributed by atoms with Crippen molar-refractivity contribution in [3.05, 3.63) is 84.1 Å². The fraction of sp³-hybridized carbons (Fsp3) is 0.281. The fourth-order valence-electron chi connectivity index (χ4n) is 5.27. The molecule has 0 unspecified atom stereocenters. The Kier molecular flexibility index (Phi) is 7.43. The summed E-state index contributed by atoms with van der Waals surface area (Å²) in [6, 6.07) is 16.6. The minimum atomic E-state index is 0.0125. The van der Waals surface area contributed by atoms with Gasteiger partial charge in [0.05, 0.1) is 18.5 Å². The molecule has 0 bridgehead atoms. The lowest BCUT2D eigenvalue weighted by Gasteiger charge is -2.33. The Balaban J connectivity index is 1.16. The maximum atomic E-state index is 10.8. The van der Waals surface area contributed by atoms with Crippen LogP contribution in [0.3, 0.4) is 0 Å². The second-order valence-electron chi connectivity index (χ2n) is 10.5. The molecule has 1 aliphatic rings. The van der Waals surface area contributed by atoms with Crippen molar-refractivity contribution in [3.8, 4) is 22.4 Å². The molecule has 0 amide bonds. The van der Waals surface area contributed by atoms with Gasteiger partial charge in [-0.25, -0.2) is 19.9 Å². The van der Waals surface area contributed by atoms with Crippen LogP contribution in [-0.4, -0.2) is 63.8 Å². The number of nitrogens with zero attached hydrogens (tertiary/aromatic N) is 6. The van der Waals surface area contributed by atoms with Crippen LogP contribution in [-0.2, 0) is 4.79 Å². The SMILES string of the molecule is Cc1nc(N[C@@H](C)c2cccc(-c3cnc(N4CCN(CC=O)CC4)nc3)c2)cc(-c2ccc3occ(C)c3c2)n1. The first-order valence-electron chi connectivity index (χ1n) is 13.9. The Labute approximate surface area is 239 Å². The molecular formula is C32H33N7O2. The van der Waals surface area contributed by atoms with Gasteiger partial charge >= 0.3 is 0 Å². The van der Waals surface area contributed by atoms with Crippen LogP contribution in [0, 0.1) is 13.8 Å². The number of hydrogen-bond donors (Lipinski definition) is 1. The number of nitrogens with one attached hydrogen (secondary N) is 1. The third-order valence-corrected chi connectivity index (χ3v) is 7.61. The lowest BCUT2D eigenvalue weighted by Crippen LogP contribution is -2.47. The number of furan rings is 1. The normalized spacial score (nSPS) is 14.8. The molecule has 0 saturated carbocycles. The van der Waals surface area contributed by atoms with E-state index in [2.05, 4.69) is 67.3 Å². The summed E-state index contributed by atoms with van der Waals surface area (Å²) >= 11 is 0. The molecule has 6 rings (SSSR count). The van der Waals surface area contributed by atoms with E-state index in [0.29, 0.717) is 12.4 Å². The number of aromatic nitrogens is 4. The summed E-state index contributed by atoms with van der Waals surface area (Å²) in [7, 11) is 0. The highest BCUT2D eigenvalue weighted by atomic mass is 16.3. The van der Waals surface area contributed by atoms with Gasteiger partial charge in [0.2, 0.25) is 5.95 Å². The van der Waals surface area contributed by atoms with Crippen molar-refractivity contribution in [1.29, 1.82) is 0 Å². The lowest BCUT2D eigenvalue weighted by atomic mass is 10.0. The second-order valence-corrected chi connectivity index (χ2v) is 10.5. The standard InChI is InChI=1S/C32H33N7O2/c1-21-20-41-30-8-7-26(16-28(21)30)29-17-31(37-23(3)36-29)35-22(2)24-5-4-6-25(15-24)27-18-33-32(34-19-27)39-11-9-38(10-12-39)13-14-40/h4-8,14-20,22H,9-13H2,1-3H3,(H,35,36,37)/t22-/m0/s1. The summed E-state index contributed by atoms with van der Waals surface area (Å²) in [5.41, 5.74) is 7.02. The first-order valence-corrected chi connectivity index (χ1v) is 13.9. The van der Waals surface area contributed by atoms with Gasteiger partial charge in [0.15, 0.2) is 0 Å². The quantitative estimate of drug-likeness (QED) is 0.254. The molecule has 1 atom stereocenters. The van der Waals surface area contributed by atoms with E-state index in [4.69, 9.17) is 9.40 Å². The predicted octanol–water partition coefficient (Wildman–Crippen LogP) is 5.46. The molecule has 0 spiro atoms. The minimum absolute atomic E-state index is 0.0125. The molecule has 0 radical (unpaired) electrons. The molecule has 9 nitrogen and oxygen atoms in total. The van der Waals surface area contributed by atoms with Gasteiger partial charge in [0.25, 0.3) is 0 Å². The van der Waals surface area contributed by atoms with Crippen molar-refractivity contribution in [2.45, 2.75) is 26.8 Å². The molecule has 5 aromatic rings. The lowest BCUT2D eigenvalue weighted by molar-refractivity contribution is -0.108. The molecule has 41 heavy (non-hydrogen) atoms. The number of carbonyl (C=O) groups excluding carboxylic acids is 1. The highest BCUT2D eigenvalue weighted by Crippen LogP contribution is 2.29. The first-order chi connectivity index (χ1) is 20.0. The average molecular weight is 548 g/mol. The number of carbonyl (C=O) groups is 1. The summed E-state index contributed by atoms with van der Waals surface area (Å²) in [6.07, 6.45) is 6.51. The molecular weight excluding hydrogens is 514 g/mol. The third-order valence-electron chi connectivity index (χ3n) is 7.61. The summed E-state index contributed by atoms with van der Waals surface area (Å²) in [5.74, 6) is 2.20. The van der Waals surface area contributed by atoms with E-state index in [1.165, 1.54) is 0 Å². The maximum absolute atomic E-state index is 10.8. The van der Waals surface area contributed by atoms with E-state index in [9.17, 15) is 4.79 Å². The van der Waals surface area contributed by atoms with E-state index in [-0.39, 0.29) is 6.04 Å². The van der Waals surface area contributed by atoms with Gasteiger partial charge in [-0.3, -0.25) is 4.90 Å². The Morgan fingerprint density at radius 2 is 1.76 bits per heavy atom. The molecule has 1 aliphatic heterocycles. The zero-order valence-electron chi connectivity index (χ0n) is 23.5. The van der Waals surface area contributed by atoms with Crippen LogP contribution in [0.2, 0.25) is 0 Å². The minimum Gasteiger partial charge on any atom is -0.464 e. The number of benzene rings is 2. The highest BCUT2D eigenvalue weighted by molar-refractivity contribution is 5.85. The van der Waals surface area contributed by atoms with Crippen molar-refractivity contribution in [1.82, 2.24) is 24.8 Å². The Hall–Kier alpha value is -4.63. The number of fused-ring (bicyclic) bond motifs is 1. The number of aryl methyl sites for hydroxylation is 2. The van der Waals surface area contributed by atoms with Crippen LogP contribution >= 0.6 is 0 Å². The van der Waals surface area contributed by atoms with E-state index < -0.39 is 0 Å². The summed E-state index contributed by atoms with van der Waals surface area (Å²) in [4.78, 5) is 33.7. The number of hydrogen-bond acceptors (Lipinski definition) is 9. The van der Waals surface area contributed by atoms with Crippen molar-refractivity contribution >= 4 is 29.0 Å². The molecule has 2 aromatic carbocycles. The average Bonchev–Trinajstić information content (AvgIpc) is 3.37. The van der Waals surface area contributed by atoms with E-state index in [0.717, 1.165) is 88.7 Å².